The summed E-state index contributed by atoms with van der Waals surface area (Å²) >= 11 is 0. The number of fused-ring (bicyclic) bond motifs is 5. The molecule has 0 N–H and O–H groups in total. The first-order valence-corrected chi connectivity index (χ1v) is 26.9. The predicted molar refractivity (Wildman–Crippen MR) is 328 cm³/mol. The molecule has 0 saturated heterocycles. The number of hydrogen-bond acceptors (Lipinski definition) is 3. The van der Waals surface area contributed by atoms with Gasteiger partial charge in [-0.2, -0.15) is 0 Å². The minimum atomic E-state index is 0.385. The highest BCUT2D eigenvalue weighted by Crippen LogP contribution is 2.47. The first kappa shape index (κ1) is 47.3. The van der Waals surface area contributed by atoms with Crippen molar-refractivity contribution in [2.24, 2.45) is 0 Å². The van der Waals surface area contributed by atoms with Crippen LogP contribution in [0.4, 0.5) is 34.1 Å². The smallest absolute Gasteiger partial charge is 0.136 e. The molecule has 0 saturated carbocycles. The van der Waals surface area contributed by atoms with E-state index in [2.05, 4.69) is 304 Å². The van der Waals surface area contributed by atoms with Gasteiger partial charge in [-0.15, -0.1) is 0 Å². The normalized spacial score (nSPS) is 11.6. The summed E-state index contributed by atoms with van der Waals surface area (Å²) < 4.78 is 6.92. The van der Waals surface area contributed by atoms with Crippen molar-refractivity contribution in [1.82, 2.24) is 0 Å². The fourth-order valence-electron chi connectivity index (χ4n) is 11.1. The Bertz CT molecular complexity index is 3960. The molecule has 13 rings (SSSR count). The molecular formula is C74H58N2O. The molecule has 0 fully saturated rings. The minimum Gasteiger partial charge on any atom is -0.456 e. The van der Waals surface area contributed by atoms with Crippen LogP contribution in [-0.4, -0.2) is 0 Å². The van der Waals surface area contributed by atoms with E-state index in [1.165, 1.54) is 55.6 Å². The quantitative estimate of drug-likeness (QED) is 0.122. The third-order valence-corrected chi connectivity index (χ3v) is 15.4. The van der Waals surface area contributed by atoms with Crippen molar-refractivity contribution in [2.75, 3.05) is 9.80 Å². The van der Waals surface area contributed by atoms with Crippen LogP contribution in [0.15, 0.2) is 271 Å². The van der Waals surface area contributed by atoms with Crippen molar-refractivity contribution in [3.8, 4) is 44.5 Å². The second kappa shape index (κ2) is 20.0. The number of hydrogen-bond donors (Lipinski definition) is 0. The Balaban J connectivity index is 0.928. The van der Waals surface area contributed by atoms with Crippen molar-refractivity contribution < 1.29 is 4.42 Å². The van der Waals surface area contributed by atoms with E-state index < -0.39 is 0 Å². The van der Waals surface area contributed by atoms with Crippen molar-refractivity contribution in [1.29, 1.82) is 0 Å². The van der Waals surface area contributed by atoms with Crippen LogP contribution in [0.3, 0.4) is 0 Å². The Morgan fingerprint density at radius 2 is 0.610 bits per heavy atom. The van der Waals surface area contributed by atoms with Gasteiger partial charge in [0.2, 0.25) is 0 Å². The SMILES string of the molecule is CC(C)c1ccc(N(c2ccc(-c3ccccc3)cc2)c2ccc3cc4c(cc3c2)oc2cc3cc(N(c5ccc(-c6ccccc6)cc5)c5ccc(C(C)C)cc5-c5ccccc5)ccc3cc24)c(-c2ccccc2)c1. The number of benzene rings is 12. The average molecular weight is 991 g/mol. The monoisotopic (exact) mass is 990 g/mol. The van der Waals surface area contributed by atoms with Crippen LogP contribution in [0.5, 0.6) is 0 Å². The molecule has 3 nitrogen and oxygen atoms in total. The molecule has 1 aromatic heterocycles. The molecule has 0 aliphatic heterocycles. The molecule has 0 amide bonds. The van der Waals surface area contributed by atoms with Gasteiger partial charge in [0.25, 0.3) is 0 Å². The minimum absolute atomic E-state index is 0.385. The highest BCUT2D eigenvalue weighted by Gasteiger charge is 2.22. The first-order chi connectivity index (χ1) is 37.8. The van der Waals surface area contributed by atoms with E-state index in [0.29, 0.717) is 11.8 Å². The van der Waals surface area contributed by atoms with Crippen molar-refractivity contribution in [2.45, 2.75) is 39.5 Å². The predicted octanol–water partition coefficient (Wildman–Crippen LogP) is 21.7. The van der Waals surface area contributed by atoms with Crippen molar-refractivity contribution >= 4 is 77.6 Å². The molecule has 370 valence electrons. The van der Waals surface area contributed by atoms with Gasteiger partial charge < -0.3 is 14.2 Å². The molecule has 0 aliphatic rings. The van der Waals surface area contributed by atoms with Gasteiger partial charge in [0.05, 0.1) is 11.4 Å². The maximum atomic E-state index is 6.92. The van der Waals surface area contributed by atoms with Gasteiger partial charge in [-0.3, -0.25) is 0 Å². The van der Waals surface area contributed by atoms with Gasteiger partial charge in [-0.05, 0) is 175 Å². The van der Waals surface area contributed by atoms with Gasteiger partial charge in [0, 0.05) is 44.6 Å². The Labute approximate surface area is 451 Å². The summed E-state index contributed by atoms with van der Waals surface area (Å²) in [4.78, 5) is 4.83. The van der Waals surface area contributed by atoms with Crippen LogP contribution in [-0.2, 0) is 0 Å². The molecule has 12 aromatic carbocycles. The lowest BCUT2D eigenvalue weighted by Gasteiger charge is -2.29. The number of furan rings is 1. The highest BCUT2D eigenvalue weighted by atomic mass is 16.3. The number of rotatable bonds is 12. The van der Waals surface area contributed by atoms with Gasteiger partial charge in [0.1, 0.15) is 11.2 Å². The van der Waals surface area contributed by atoms with Gasteiger partial charge in [0.15, 0.2) is 0 Å². The summed E-state index contributed by atoms with van der Waals surface area (Å²) in [5.74, 6) is 0.769. The van der Waals surface area contributed by atoms with Crippen LogP contribution in [0.25, 0.3) is 88.0 Å². The highest BCUT2D eigenvalue weighted by molar-refractivity contribution is 6.14. The van der Waals surface area contributed by atoms with Crippen molar-refractivity contribution in [3.05, 3.63) is 278 Å². The largest absolute Gasteiger partial charge is 0.456 e. The van der Waals surface area contributed by atoms with E-state index in [-0.39, 0.29) is 0 Å². The summed E-state index contributed by atoms with van der Waals surface area (Å²) in [7, 11) is 0. The van der Waals surface area contributed by atoms with E-state index in [1.807, 2.05) is 0 Å². The number of anilines is 6. The third-order valence-electron chi connectivity index (χ3n) is 15.4. The van der Waals surface area contributed by atoms with Crippen LogP contribution >= 0.6 is 0 Å². The molecule has 0 atom stereocenters. The van der Waals surface area contributed by atoms with E-state index in [1.54, 1.807) is 0 Å². The van der Waals surface area contributed by atoms with Gasteiger partial charge in [-0.25, -0.2) is 0 Å². The summed E-state index contributed by atoms with van der Waals surface area (Å²) in [6.07, 6.45) is 0. The second-order valence-corrected chi connectivity index (χ2v) is 21.0. The summed E-state index contributed by atoms with van der Waals surface area (Å²) in [6.45, 7) is 9.06. The Hall–Kier alpha value is -9.44. The van der Waals surface area contributed by atoms with E-state index in [9.17, 15) is 0 Å². The Morgan fingerprint density at radius 3 is 0.974 bits per heavy atom. The van der Waals surface area contributed by atoms with Crippen LogP contribution in [0.1, 0.15) is 50.7 Å². The van der Waals surface area contributed by atoms with Crippen LogP contribution in [0.2, 0.25) is 0 Å². The topological polar surface area (TPSA) is 19.6 Å². The zero-order valence-corrected chi connectivity index (χ0v) is 43.9. The lowest BCUT2D eigenvalue weighted by atomic mass is 9.94. The summed E-state index contributed by atoms with van der Waals surface area (Å²) in [5.41, 5.74) is 20.4. The van der Waals surface area contributed by atoms with E-state index >= 15 is 0 Å². The Morgan fingerprint density at radius 1 is 0.273 bits per heavy atom. The van der Waals surface area contributed by atoms with Gasteiger partial charge in [-0.1, -0.05) is 198 Å². The molecule has 0 radical (unpaired) electrons. The molecule has 3 heteroatoms. The maximum absolute atomic E-state index is 6.92. The standard InChI is InChI=1S/C74H58N2O/c1-49(2)57-31-39-71(67(43-57)55-21-13-7-14-22-55)75(63-33-25-53(26-34-63)51-17-9-5-10-18-51)65-37-29-59-45-69-70-46-60-30-38-66(42-62(60)48-74(70)77-73(69)47-61(59)41-65)76(64-35-27-54(28-36-64)52-19-11-6-12-20-52)72-40-32-58(50(3)4)44-68(72)56-23-15-8-16-24-56/h5-50H,1-4H3. The van der Waals surface area contributed by atoms with Crippen molar-refractivity contribution in [3.63, 3.8) is 0 Å². The van der Waals surface area contributed by atoms with Gasteiger partial charge >= 0.3 is 0 Å². The molecule has 0 unspecified atom stereocenters. The van der Waals surface area contributed by atoms with E-state index in [0.717, 1.165) is 77.6 Å². The second-order valence-electron chi connectivity index (χ2n) is 21.0. The Kier molecular flexibility index (Phi) is 12.3. The molecule has 0 bridgehead atoms. The molecule has 77 heavy (non-hydrogen) atoms. The van der Waals surface area contributed by atoms with E-state index in [4.69, 9.17) is 4.42 Å². The van der Waals surface area contributed by atoms with Crippen LogP contribution < -0.4 is 9.80 Å². The fourth-order valence-corrected chi connectivity index (χ4v) is 11.1. The molecule has 0 aliphatic carbocycles. The number of nitrogens with zero attached hydrogens (tertiary/aromatic N) is 2. The lowest BCUT2D eigenvalue weighted by Crippen LogP contribution is -2.11. The summed E-state index contributed by atoms with van der Waals surface area (Å²) in [6, 6.07) is 97.5. The molecule has 13 aromatic rings. The zero-order valence-electron chi connectivity index (χ0n) is 43.9. The lowest BCUT2D eigenvalue weighted by molar-refractivity contribution is 0.670. The van der Waals surface area contributed by atoms with Crippen LogP contribution in [0, 0.1) is 0 Å². The maximum Gasteiger partial charge on any atom is 0.136 e. The zero-order chi connectivity index (χ0) is 52.0. The molecular weight excluding hydrogens is 933 g/mol. The third kappa shape index (κ3) is 9.10. The summed E-state index contributed by atoms with van der Waals surface area (Å²) in [5, 5.41) is 6.74. The fraction of sp³-hybridized carbons (Fsp3) is 0.0811. The molecule has 1 heterocycles. The molecule has 0 spiro atoms. The average Bonchev–Trinajstić information content (AvgIpc) is 3.91. The first-order valence-electron chi connectivity index (χ1n) is 26.9.